The van der Waals surface area contributed by atoms with Gasteiger partial charge in [-0.05, 0) is 62.9 Å². The second kappa shape index (κ2) is 8.94. The van der Waals surface area contributed by atoms with Crippen molar-refractivity contribution in [3.8, 4) is 5.75 Å². The van der Waals surface area contributed by atoms with E-state index in [0.717, 1.165) is 24.4 Å². The van der Waals surface area contributed by atoms with Crippen LogP contribution in [0.1, 0.15) is 37.3 Å². The average Bonchev–Trinajstić information content (AvgIpc) is 2.70. The zero-order valence-corrected chi connectivity index (χ0v) is 16.6. The lowest BCUT2D eigenvalue weighted by atomic mass is 10.1. The molecule has 4 nitrogen and oxygen atoms in total. The highest BCUT2D eigenvalue weighted by atomic mass is 16.5. The fourth-order valence-electron chi connectivity index (χ4n) is 3.50. The van der Waals surface area contributed by atoms with Gasteiger partial charge in [0.15, 0.2) is 6.10 Å². The number of rotatable bonds is 6. The van der Waals surface area contributed by atoms with E-state index in [4.69, 9.17) is 4.74 Å². The number of nitrogens with zero attached hydrogens (tertiary/aromatic N) is 2. The summed E-state index contributed by atoms with van der Waals surface area (Å²) in [4.78, 5) is 16.8. The van der Waals surface area contributed by atoms with Gasteiger partial charge >= 0.3 is 0 Å². The Bertz CT molecular complexity index is 734. The Morgan fingerprint density at radius 3 is 2.30 bits per heavy atom. The maximum atomic E-state index is 12.6. The van der Waals surface area contributed by atoms with Crippen molar-refractivity contribution in [1.29, 1.82) is 0 Å². The van der Waals surface area contributed by atoms with Crippen LogP contribution in [0, 0.1) is 6.92 Å². The number of likely N-dealkylation sites (N-methyl/N-ethyl adjacent to an activating group) is 1. The highest BCUT2D eigenvalue weighted by molar-refractivity contribution is 5.80. The Hall–Kier alpha value is -2.49. The van der Waals surface area contributed by atoms with Crippen molar-refractivity contribution in [2.24, 2.45) is 0 Å². The summed E-state index contributed by atoms with van der Waals surface area (Å²) in [7, 11) is 1.83. The third kappa shape index (κ3) is 5.25. The Morgan fingerprint density at radius 2 is 1.67 bits per heavy atom. The SMILES string of the molecule is Cc1ccc(OC(C)C(=O)N(C)Cc2ccc(N3CCCCC3)cc2)cc1. The molecule has 0 radical (unpaired) electrons. The molecule has 0 aromatic heterocycles. The van der Waals surface area contributed by atoms with Crippen LogP contribution >= 0.6 is 0 Å². The Morgan fingerprint density at radius 1 is 1.04 bits per heavy atom. The summed E-state index contributed by atoms with van der Waals surface area (Å²) >= 11 is 0. The lowest BCUT2D eigenvalue weighted by Crippen LogP contribution is -2.37. The van der Waals surface area contributed by atoms with Crippen molar-refractivity contribution >= 4 is 11.6 Å². The Labute approximate surface area is 162 Å². The minimum atomic E-state index is -0.509. The van der Waals surface area contributed by atoms with Crippen LogP contribution in [0.15, 0.2) is 48.5 Å². The molecule has 0 N–H and O–H groups in total. The van der Waals surface area contributed by atoms with Gasteiger partial charge in [0.2, 0.25) is 0 Å². The number of ether oxygens (including phenoxy) is 1. The molecule has 27 heavy (non-hydrogen) atoms. The topological polar surface area (TPSA) is 32.8 Å². The minimum Gasteiger partial charge on any atom is -0.481 e. The van der Waals surface area contributed by atoms with Crippen LogP contribution in [0.3, 0.4) is 0 Å². The molecule has 1 aliphatic rings. The van der Waals surface area contributed by atoms with E-state index < -0.39 is 6.10 Å². The standard InChI is InChI=1S/C23H30N2O2/c1-18-7-13-22(14-8-18)27-19(2)23(26)24(3)17-20-9-11-21(12-10-20)25-15-5-4-6-16-25/h7-14,19H,4-6,15-17H2,1-3H3. The summed E-state index contributed by atoms with van der Waals surface area (Å²) in [6.45, 7) is 6.71. The zero-order valence-electron chi connectivity index (χ0n) is 16.6. The number of carbonyl (C=O) groups excluding carboxylic acids is 1. The molecule has 0 aliphatic carbocycles. The first-order valence-corrected chi connectivity index (χ1v) is 9.85. The maximum absolute atomic E-state index is 12.6. The summed E-state index contributed by atoms with van der Waals surface area (Å²) in [5.74, 6) is 0.705. The van der Waals surface area contributed by atoms with Crippen LogP contribution in [-0.2, 0) is 11.3 Å². The highest BCUT2D eigenvalue weighted by Gasteiger charge is 2.19. The second-order valence-electron chi connectivity index (χ2n) is 7.48. The lowest BCUT2D eigenvalue weighted by molar-refractivity contribution is -0.137. The van der Waals surface area contributed by atoms with Gasteiger partial charge in [-0.15, -0.1) is 0 Å². The van der Waals surface area contributed by atoms with Gasteiger partial charge in [0.25, 0.3) is 5.91 Å². The molecule has 1 aliphatic heterocycles. The van der Waals surface area contributed by atoms with Gasteiger partial charge in [0.1, 0.15) is 5.75 Å². The molecule has 4 heteroatoms. The molecule has 144 valence electrons. The van der Waals surface area contributed by atoms with Crippen LogP contribution < -0.4 is 9.64 Å². The normalized spacial score (nSPS) is 15.3. The summed E-state index contributed by atoms with van der Waals surface area (Å²) in [5, 5.41) is 0. The van der Waals surface area contributed by atoms with E-state index in [9.17, 15) is 4.79 Å². The van der Waals surface area contributed by atoms with Gasteiger partial charge < -0.3 is 14.5 Å². The van der Waals surface area contributed by atoms with Crippen molar-refractivity contribution in [2.45, 2.75) is 45.8 Å². The van der Waals surface area contributed by atoms with Gasteiger partial charge in [-0.25, -0.2) is 0 Å². The van der Waals surface area contributed by atoms with E-state index in [2.05, 4.69) is 29.2 Å². The third-order valence-corrected chi connectivity index (χ3v) is 5.14. The summed E-state index contributed by atoms with van der Waals surface area (Å²) in [6.07, 6.45) is 3.38. The fourth-order valence-corrected chi connectivity index (χ4v) is 3.50. The van der Waals surface area contributed by atoms with Crippen molar-refractivity contribution < 1.29 is 9.53 Å². The van der Waals surface area contributed by atoms with Crippen molar-refractivity contribution in [1.82, 2.24) is 4.90 Å². The van der Waals surface area contributed by atoms with E-state index >= 15 is 0 Å². The number of amides is 1. The molecule has 0 spiro atoms. The predicted octanol–water partition coefficient (Wildman–Crippen LogP) is 4.41. The number of hydrogen-bond acceptors (Lipinski definition) is 3. The van der Waals surface area contributed by atoms with Crippen LogP contribution in [0.5, 0.6) is 5.75 Å². The highest BCUT2D eigenvalue weighted by Crippen LogP contribution is 2.21. The zero-order chi connectivity index (χ0) is 19.2. The van der Waals surface area contributed by atoms with Crippen LogP contribution in [0.2, 0.25) is 0 Å². The number of benzene rings is 2. The second-order valence-corrected chi connectivity index (χ2v) is 7.48. The van der Waals surface area contributed by atoms with E-state index in [-0.39, 0.29) is 5.91 Å². The van der Waals surface area contributed by atoms with Crippen molar-refractivity contribution in [3.05, 3.63) is 59.7 Å². The Balaban J connectivity index is 1.54. The lowest BCUT2D eigenvalue weighted by Gasteiger charge is -2.29. The molecule has 1 heterocycles. The smallest absolute Gasteiger partial charge is 0.263 e. The van der Waals surface area contributed by atoms with Gasteiger partial charge in [0, 0.05) is 32.4 Å². The van der Waals surface area contributed by atoms with Crippen LogP contribution in [0.4, 0.5) is 5.69 Å². The molecule has 3 rings (SSSR count). The Kier molecular flexibility index (Phi) is 6.38. The van der Waals surface area contributed by atoms with Crippen LogP contribution in [0.25, 0.3) is 0 Å². The summed E-state index contributed by atoms with van der Waals surface area (Å²) in [6, 6.07) is 16.4. The van der Waals surface area contributed by atoms with Gasteiger partial charge in [-0.3, -0.25) is 4.79 Å². The van der Waals surface area contributed by atoms with Gasteiger partial charge in [-0.2, -0.15) is 0 Å². The van der Waals surface area contributed by atoms with E-state index in [1.807, 2.05) is 38.2 Å². The van der Waals surface area contributed by atoms with Gasteiger partial charge in [0.05, 0.1) is 0 Å². The summed E-state index contributed by atoms with van der Waals surface area (Å²) in [5.41, 5.74) is 3.59. The fraction of sp³-hybridized carbons (Fsp3) is 0.435. The number of piperidine rings is 1. The monoisotopic (exact) mass is 366 g/mol. The number of anilines is 1. The first kappa shape index (κ1) is 19.3. The number of aryl methyl sites for hydroxylation is 1. The molecule has 1 amide bonds. The van der Waals surface area contributed by atoms with E-state index in [1.165, 1.54) is 30.5 Å². The molecular formula is C23H30N2O2. The van der Waals surface area contributed by atoms with Crippen molar-refractivity contribution in [2.75, 3.05) is 25.0 Å². The molecule has 0 saturated carbocycles. The molecule has 0 bridgehead atoms. The molecule has 1 unspecified atom stereocenters. The molecule has 1 atom stereocenters. The molecule has 1 saturated heterocycles. The largest absolute Gasteiger partial charge is 0.481 e. The summed E-state index contributed by atoms with van der Waals surface area (Å²) < 4.78 is 5.79. The molecule has 2 aromatic carbocycles. The van der Waals surface area contributed by atoms with E-state index in [0.29, 0.717) is 6.54 Å². The quantitative estimate of drug-likeness (QED) is 0.759. The average molecular weight is 367 g/mol. The van der Waals surface area contributed by atoms with Crippen molar-refractivity contribution in [3.63, 3.8) is 0 Å². The van der Waals surface area contributed by atoms with Gasteiger partial charge in [-0.1, -0.05) is 29.8 Å². The number of carbonyl (C=O) groups is 1. The number of hydrogen-bond donors (Lipinski definition) is 0. The maximum Gasteiger partial charge on any atom is 0.263 e. The van der Waals surface area contributed by atoms with Crippen LogP contribution in [-0.4, -0.2) is 37.0 Å². The first-order valence-electron chi connectivity index (χ1n) is 9.85. The van der Waals surface area contributed by atoms with E-state index in [1.54, 1.807) is 11.8 Å². The molecule has 2 aromatic rings. The first-order chi connectivity index (χ1) is 13.0. The third-order valence-electron chi connectivity index (χ3n) is 5.14. The predicted molar refractivity (Wildman–Crippen MR) is 110 cm³/mol. The minimum absolute atomic E-state index is 0.0179. The molecule has 1 fully saturated rings. The molecular weight excluding hydrogens is 336 g/mol.